The van der Waals surface area contributed by atoms with Crippen LogP contribution in [0.15, 0.2) is 53.0 Å². The molecule has 0 bridgehead atoms. The normalized spacial score (nSPS) is 11.6. The number of alkyl halides is 2. The van der Waals surface area contributed by atoms with Crippen LogP contribution in [0.1, 0.15) is 16.7 Å². The number of benzene rings is 2. The molecule has 0 aliphatic heterocycles. The highest BCUT2D eigenvalue weighted by Gasteiger charge is 2.31. The first kappa shape index (κ1) is 15.9. The van der Waals surface area contributed by atoms with Gasteiger partial charge in [-0.25, -0.2) is 0 Å². The Balaban J connectivity index is 2.39. The molecule has 2 rings (SSSR count). The zero-order valence-electron chi connectivity index (χ0n) is 11.4. The minimum atomic E-state index is -0.226. The van der Waals surface area contributed by atoms with Crippen molar-refractivity contribution in [2.75, 3.05) is 11.8 Å². The molecule has 0 radical (unpaired) electrons. The maximum absolute atomic E-state index is 6.30. The van der Waals surface area contributed by atoms with E-state index in [1.807, 2.05) is 12.1 Å². The number of aryl methyl sites for hydroxylation is 1. The van der Waals surface area contributed by atoms with Gasteiger partial charge in [0.1, 0.15) is 0 Å². The lowest BCUT2D eigenvalue weighted by Crippen LogP contribution is -2.33. The van der Waals surface area contributed by atoms with Gasteiger partial charge in [-0.2, -0.15) is 0 Å². The third-order valence-corrected chi connectivity index (χ3v) is 5.09. The van der Waals surface area contributed by atoms with Crippen LogP contribution in [0, 0.1) is 6.92 Å². The summed E-state index contributed by atoms with van der Waals surface area (Å²) in [7, 11) is 0. The zero-order valence-corrected chi connectivity index (χ0v) is 14.5. The predicted octanol–water partition coefficient (Wildman–Crippen LogP) is 5.72. The molecular weight excluding hydrogens is 355 g/mol. The minimum Gasteiger partial charge on any atom is -0.126 e. The van der Waals surface area contributed by atoms with Crippen LogP contribution in [0.4, 0.5) is 0 Å². The smallest absolute Gasteiger partial charge is 0.0335 e. The monoisotopic (exact) mass is 370 g/mol. The average molecular weight is 372 g/mol. The first-order valence-electron chi connectivity index (χ1n) is 6.53. The van der Waals surface area contributed by atoms with E-state index < -0.39 is 0 Å². The summed E-state index contributed by atoms with van der Waals surface area (Å²) in [6.45, 7) is 2.09. The molecule has 106 valence electrons. The molecule has 0 aliphatic rings. The molecule has 2 aromatic carbocycles. The lowest BCUT2D eigenvalue weighted by atomic mass is 9.78. The van der Waals surface area contributed by atoms with Gasteiger partial charge in [-0.1, -0.05) is 57.9 Å². The quantitative estimate of drug-likeness (QED) is 0.590. The largest absolute Gasteiger partial charge is 0.126 e. The molecule has 20 heavy (non-hydrogen) atoms. The van der Waals surface area contributed by atoms with Gasteiger partial charge in [0, 0.05) is 21.6 Å². The number of hydrogen-bond donors (Lipinski definition) is 0. The van der Waals surface area contributed by atoms with Gasteiger partial charge in [0.2, 0.25) is 0 Å². The first-order valence-corrected chi connectivity index (χ1v) is 8.39. The van der Waals surface area contributed by atoms with Crippen molar-refractivity contribution in [3.8, 4) is 0 Å². The first-order chi connectivity index (χ1) is 9.59. The van der Waals surface area contributed by atoms with Gasteiger partial charge >= 0.3 is 0 Å². The van der Waals surface area contributed by atoms with E-state index in [9.17, 15) is 0 Å². The van der Waals surface area contributed by atoms with Gasteiger partial charge in [0.25, 0.3) is 0 Å². The van der Waals surface area contributed by atoms with E-state index in [4.69, 9.17) is 23.2 Å². The maximum Gasteiger partial charge on any atom is 0.0335 e. The van der Waals surface area contributed by atoms with Crippen LogP contribution in [0.5, 0.6) is 0 Å². The second kappa shape index (κ2) is 6.98. The van der Waals surface area contributed by atoms with Crippen molar-refractivity contribution >= 4 is 39.1 Å². The zero-order chi connectivity index (χ0) is 14.6. The molecule has 0 aliphatic carbocycles. The molecule has 2 aromatic rings. The molecule has 0 saturated carbocycles. The molecule has 3 heteroatoms. The Morgan fingerprint density at radius 3 is 2.30 bits per heavy atom. The standard InChI is InChI=1S/C17H17BrCl2/c1-13-4-2-6-15(8-13)17(11-19,12-20)10-14-5-3-7-16(18)9-14/h2-9H,10-12H2,1H3. The summed E-state index contributed by atoms with van der Waals surface area (Å²) in [6.07, 6.45) is 0.836. The number of hydrogen-bond acceptors (Lipinski definition) is 0. The lowest BCUT2D eigenvalue weighted by molar-refractivity contribution is 0.536. The molecule has 0 saturated heterocycles. The average Bonchev–Trinajstić information content (AvgIpc) is 2.45. The van der Waals surface area contributed by atoms with Gasteiger partial charge in [-0.3, -0.25) is 0 Å². The maximum atomic E-state index is 6.30. The van der Waals surface area contributed by atoms with Gasteiger partial charge in [-0.15, -0.1) is 23.2 Å². The molecule has 0 heterocycles. The summed E-state index contributed by atoms with van der Waals surface area (Å²) in [5, 5.41) is 0. The van der Waals surface area contributed by atoms with Crippen LogP contribution < -0.4 is 0 Å². The van der Waals surface area contributed by atoms with Crippen molar-refractivity contribution < 1.29 is 0 Å². The Bertz CT molecular complexity index is 577. The van der Waals surface area contributed by atoms with E-state index in [1.165, 1.54) is 16.7 Å². The van der Waals surface area contributed by atoms with Crippen molar-refractivity contribution in [2.24, 2.45) is 0 Å². The number of halogens is 3. The van der Waals surface area contributed by atoms with Crippen LogP contribution >= 0.6 is 39.1 Å². The second-order valence-corrected chi connectivity index (χ2v) is 6.67. The van der Waals surface area contributed by atoms with E-state index in [0.717, 1.165) is 10.9 Å². The van der Waals surface area contributed by atoms with E-state index >= 15 is 0 Å². The highest BCUT2D eigenvalue weighted by molar-refractivity contribution is 9.10. The Morgan fingerprint density at radius 1 is 1.00 bits per heavy atom. The van der Waals surface area contributed by atoms with Gasteiger partial charge in [0.05, 0.1) is 0 Å². The van der Waals surface area contributed by atoms with Crippen LogP contribution in [0.3, 0.4) is 0 Å². The molecule has 0 fully saturated rings. The Labute approximate surface area is 139 Å². The lowest BCUT2D eigenvalue weighted by Gasteiger charge is -2.31. The highest BCUT2D eigenvalue weighted by Crippen LogP contribution is 2.32. The molecule has 0 aromatic heterocycles. The Kier molecular flexibility index (Phi) is 5.54. The third kappa shape index (κ3) is 3.58. The Morgan fingerprint density at radius 2 is 1.70 bits per heavy atom. The Hall–Kier alpha value is -0.500. The topological polar surface area (TPSA) is 0 Å². The summed E-state index contributed by atoms with van der Waals surface area (Å²) < 4.78 is 1.08. The van der Waals surface area contributed by atoms with Crippen LogP contribution in [0.2, 0.25) is 0 Å². The molecule has 0 unspecified atom stereocenters. The van der Waals surface area contributed by atoms with Gasteiger partial charge in [0.15, 0.2) is 0 Å². The van der Waals surface area contributed by atoms with Crippen molar-refractivity contribution in [2.45, 2.75) is 18.8 Å². The summed E-state index contributed by atoms with van der Waals surface area (Å²) in [6, 6.07) is 16.8. The van der Waals surface area contributed by atoms with E-state index in [1.54, 1.807) is 0 Å². The van der Waals surface area contributed by atoms with Gasteiger partial charge in [-0.05, 0) is 36.6 Å². The molecule has 0 amide bonds. The highest BCUT2D eigenvalue weighted by atomic mass is 79.9. The summed E-state index contributed by atoms with van der Waals surface area (Å²) in [5.74, 6) is 1.01. The van der Waals surface area contributed by atoms with Crippen LogP contribution in [-0.2, 0) is 11.8 Å². The molecule has 0 spiro atoms. The SMILES string of the molecule is Cc1cccc(C(CCl)(CCl)Cc2cccc(Br)c2)c1. The third-order valence-electron chi connectivity index (χ3n) is 3.57. The summed E-state index contributed by atoms with van der Waals surface area (Å²) in [4.78, 5) is 0. The van der Waals surface area contributed by atoms with Crippen LogP contribution in [0.25, 0.3) is 0 Å². The van der Waals surface area contributed by atoms with E-state index in [0.29, 0.717) is 11.8 Å². The van der Waals surface area contributed by atoms with E-state index in [2.05, 4.69) is 59.3 Å². The molecule has 0 N–H and O–H groups in total. The molecule has 0 nitrogen and oxygen atoms in total. The minimum absolute atomic E-state index is 0.226. The van der Waals surface area contributed by atoms with Gasteiger partial charge < -0.3 is 0 Å². The molecular formula is C17H17BrCl2. The fourth-order valence-corrected chi connectivity index (χ4v) is 3.63. The van der Waals surface area contributed by atoms with Crippen molar-refractivity contribution in [1.82, 2.24) is 0 Å². The van der Waals surface area contributed by atoms with Crippen molar-refractivity contribution in [1.29, 1.82) is 0 Å². The van der Waals surface area contributed by atoms with Crippen molar-refractivity contribution in [3.05, 3.63) is 69.7 Å². The van der Waals surface area contributed by atoms with Crippen LogP contribution in [-0.4, -0.2) is 11.8 Å². The fraction of sp³-hybridized carbons (Fsp3) is 0.294. The van der Waals surface area contributed by atoms with Crippen molar-refractivity contribution in [3.63, 3.8) is 0 Å². The number of rotatable bonds is 5. The fourth-order valence-electron chi connectivity index (χ4n) is 2.40. The second-order valence-electron chi connectivity index (χ2n) is 5.22. The summed E-state index contributed by atoms with van der Waals surface area (Å²) in [5.41, 5.74) is 3.46. The van der Waals surface area contributed by atoms with E-state index in [-0.39, 0.29) is 5.41 Å². The summed E-state index contributed by atoms with van der Waals surface area (Å²) >= 11 is 16.1. The molecule has 0 atom stereocenters. The predicted molar refractivity (Wildman–Crippen MR) is 92.1 cm³/mol.